The minimum absolute atomic E-state index is 0.905. The van der Waals surface area contributed by atoms with Crippen molar-refractivity contribution < 1.29 is 4.42 Å². The normalized spacial score (nSPS) is 11.8. The molecular formula is C50H31NOS. The molecule has 2 aromatic heterocycles. The lowest BCUT2D eigenvalue weighted by Crippen LogP contribution is -2.09. The van der Waals surface area contributed by atoms with E-state index >= 15 is 0 Å². The zero-order valence-electron chi connectivity index (χ0n) is 28.7. The maximum atomic E-state index is 6.52. The van der Waals surface area contributed by atoms with Crippen molar-refractivity contribution in [1.82, 2.24) is 0 Å². The lowest BCUT2D eigenvalue weighted by Gasteiger charge is -2.26. The number of thiophene rings is 1. The number of hydrogen-bond donors (Lipinski definition) is 0. The number of rotatable bonds is 5. The summed E-state index contributed by atoms with van der Waals surface area (Å²) < 4.78 is 9.13. The fraction of sp³-hybridized carbons (Fsp3) is 0. The SMILES string of the molecule is c1ccc2cc(-c3ccc(N(c4ccc(-c5cccc6oc7c8ccccc8ccc7c56)cc4)c4ccc5sc6ccccc6c5c4)cc3)ccc2c1. The van der Waals surface area contributed by atoms with Gasteiger partial charge in [0.25, 0.3) is 0 Å². The van der Waals surface area contributed by atoms with Gasteiger partial charge < -0.3 is 9.32 Å². The Hall–Kier alpha value is -6.68. The van der Waals surface area contributed by atoms with Crippen molar-refractivity contribution in [2.24, 2.45) is 0 Å². The molecule has 0 aliphatic heterocycles. The molecule has 0 saturated carbocycles. The van der Waals surface area contributed by atoms with Gasteiger partial charge in [-0.25, -0.2) is 0 Å². The van der Waals surface area contributed by atoms with E-state index in [-0.39, 0.29) is 0 Å². The fourth-order valence-electron chi connectivity index (χ4n) is 8.06. The van der Waals surface area contributed by atoms with Crippen molar-refractivity contribution in [3.63, 3.8) is 0 Å². The Morgan fingerprint density at radius 1 is 0.377 bits per heavy atom. The van der Waals surface area contributed by atoms with Crippen LogP contribution in [0, 0.1) is 0 Å². The highest BCUT2D eigenvalue weighted by Gasteiger charge is 2.18. The third kappa shape index (κ3) is 4.93. The number of hydrogen-bond acceptors (Lipinski definition) is 3. The molecule has 11 rings (SSSR count). The van der Waals surface area contributed by atoms with Crippen molar-refractivity contribution in [3.05, 3.63) is 188 Å². The van der Waals surface area contributed by atoms with Gasteiger partial charge >= 0.3 is 0 Å². The van der Waals surface area contributed by atoms with Crippen molar-refractivity contribution in [2.45, 2.75) is 0 Å². The Morgan fingerprint density at radius 2 is 1.02 bits per heavy atom. The van der Waals surface area contributed by atoms with Gasteiger partial charge in [0.15, 0.2) is 0 Å². The summed E-state index contributed by atoms with van der Waals surface area (Å²) in [6, 6.07) is 68.0. The Kier molecular flexibility index (Phi) is 6.76. The third-order valence-corrected chi connectivity index (χ3v) is 11.8. The van der Waals surface area contributed by atoms with Gasteiger partial charge in [0, 0.05) is 53.4 Å². The maximum Gasteiger partial charge on any atom is 0.143 e. The van der Waals surface area contributed by atoms with Gasteiger partial charge in [0.2, 0.25) is 0 Å². The number of nitrogens with zero attached hydrogens (tertiary/aromatic N) is 1. The van der Waals surface area contributed by atoms with Crippen LogP contribution in [0.25, 0.3) is 85.9 Å². The minimum atomic E-state index is 0.905. The molecule has 0 atom stereocenters. The monoisotopic (exact) mass is 693 g/mol. The first-order valence-corrected chi connectivity index (χ1v) is 18.8. The quantitative estimate of drug-likeness (QED) is 0.178. The summed E-state index contributed by atoms with van der Waals surface area (Å²) in [5, 5.41) is 9.70. The van der Waals surface area contributed by atoms with E-state index in [9.17, 15) is 0 Å². The summed E-state index contributed by atoms with van der Waals surface area (Å²) in [7, 11) is 0. The average Bonchev–Trinajstić information content (AvgIpc) is 3.80. The number of fused-ring (bicyclic) bond motifs is 9. The molecule has 0 saturated heterocycles. The Morgan fingerprint density at radius 3 is 1.85 bits per heavy atom. The highest BCUT2D eigenvalue weighted by molar-refractivity contribution is 7.25. The summed E-state index contributed by atoms with van der Waals surface area (Å²) in [6.07, 6.45) is 0. The van der Waals surface area contributed by atoms with Crippen LogP contribution in [0.4, 0.5) is 17.1 Å². The molecule has 0 spiro atoms. The van der Waals surface area contributed by atoms with E-state index in [4.69, 9.17) is 4.42 Å². The molecule has 0 unspecified atom stereocenters. The van der Waals surface area contributed by atoms with Crippen LogP contribution in [0.2, 0.25) is 0 Å². The van der Waals surface area contributed by atoms with Gasteiger partial charge in [-0.2, -0.15) is 0 Å². The first kappa shape index (κ1) is 30.0. The zero-order valence-corrected chi connectivity index (χ0v) is 29.5. The summed E-state index contributed by atoms with van der Waals surface area (Å²) in [4.78, 5) is 2.37. The van der Waals surface area contributed by atoms with E-state index < -0.39 is 0 Å². The van der Waals surface area contributed by atoms with Crippen molar-refractivity contribution in [2.75, 3.05) is 4.90 Å². The van der Waals surface area contributed by atoms with Crippen LogP contribution in [0.1, 0.15) is 0 Å². The molecule has 0 aliphatic rings. The second-order valence-corrected chi connectivity index (χ2v) is 14.8. The minimum Gasteiger partial charge on any atom is -0.455 e. The topological polar surface area (TPSA) is 16.4 Å². The molecular weight excluding hydrogens is 663 g/mol. The van der Waals surface area contributed by atoms with Crippen molar-refractivity contribution in [1.29, 1.82) is 0 Å². The molecule has 11 aromatic rings. The Labute approximate surface area is 310 Å². The number of furan rings is 1. The molecule has 53 heavy (non-hydrogen) atoms. The van der Waals surface area contributed by atoms with E-state index in [1.807, 2.05) is 11.3 Å². The van der Waals surface area contributed by atoms with E-state index in [0.29, 0.717) is 0 Å². The summed E-state index contributed by atoms with van der Waals surface area (Å²) in [5.41, 5.74) is 9.91. The first-order chi connectivity index (χ1) is 26.2. The van der Waals surface area contributed by atoms with Crippen LogP contribution >= 0.6 is 11.3 Å². The zero-order chi connectivity index (χ0) is 34.9. The molecule has 248 valence electrons. The van der Waals surface area contributed by atoms with E-state index in [2.05, 4.69) is 193 Å². The van der Waals surface area contributed by atoms with Crippen molar-refractivity contribution in [3.8, 4) is 22.3 Å². The molecule has 2 heterocycles. The van der Waals surface area contributed by atoms with Crippen molar-refractivity contribution >= 4 is 92.1 Å². The van der Waals surface area contributed by atoms with Crippen LogP contribution in [-0.2, 0) is 0 Å². The lowest BCUT2D eigenvalue weighted by atomic mass is 9.98. The lowest BCUT2D eigenvalue weighted by molar-refractivity contribution is 0.673. The summed E-state index contributed by atoms with van der Waals surface area (Å²) in [5.74, 6) is 0. The highest BCUT2D eigenvalue weighted by Crippen LogP contribution is 2.43. The largest absolute Gasteiger partial charge is 0.455 e. The van der Waals surface area contributed by atoms with Gasteiger partial charge in [0.05, 0.1) is 0 Å². The average molecular weight is 694 g/mol. The second kappa shape index (κ2) is 11.9. The number of benzene rings is 9. The second-order valence-electron chi connectivity index (χ2n) is 13.7. The van der Waals surface area contributed by atoms with Gasteiger partial charge in [0.1, 0.15) is 11.2 Å². The smallest absolute Gasteiger partial charge is 0.143 e. The van der Waals surface area contributed by atoms with Gasteiger partial charge in [-0.05, 0) is 105 Å². The van der Waals surface area contributed by atoms with Crippen LogP contribution in [0.15, 0.2) is 192 Å². The summed E-state index contributed by atoms with van der Waals surface area (Å²) >= 11 is 1.85. The predicted molar refractivity (Wildman–Crippen MR) is 227 cm³/mol. The highest BCUT2D eigenvalue weighted by atomic mass is 32.1. The molecule has 0 radical (unpaired) electrons. The number of anilines is 3. The van der Waals surface area contributed by atoms with Gasteiger partial charge in [-0.3, -0.25) is 0 Å². The van der Waals surface area contributed by atoms with Crippen LogP contribution < -0.4 is 4.90 Å². The predicted octanol–water partition coefficient (Wildman–Crippen LogP) is 15.1. The Bertz CT molecular complexity index is 3170. The maximum absolute atomic E-state index is 6.52. The molecule has 0 N–H and O–H groups in total. The van der Waals surface area contributed by atoms with Gasteiger partial charge in [-0.1, -0.05) is 121 Å². The molecule has 9 aromatic carbocycles. The van der Waals surface area contributed by atoms with Crippen LogP contribution in [-0.4, -0.2) is 0 Å². The molecule has 0 bridgehead atoms. The van der Waals surface area contributed by atoms with Gasteiger partial charge in [-0.15, -0.1) is 11.3 Å². The molecule has 2 nitrogen and oxygen atoms in total. The van der Waals surface area contributed by atoms with E-state index in [0.717, 1.165) is 50.0 Å². The molecule has 3 heteroatoms. The van der Waals surface area contributed by atoms with E-state index in [1.54, 1.807) is 0 Å². The molecule has 0 amide bonds. The summed E-state index contributed by atoms with van der Waals surface area (Å²) in [6.45, 7) is 0. The molecule has 0 aliphatic carbocycles. The van der Waals surface area contributed by atoms with Crippen LogP contribution in [0.5, 0.6) is 0 Å². The van der Waals surface area contributed by atoms with E-state index in [1.165, 1.54) is 53.0 Å². The third-order valence-electron chi connectivity index (χ3n) is 10.7. The fourth-order valence-corrected chi connectivity index (χ4v) is 9.14. The molecule has 0 fully saturated rings. The standard InChI is InChI=1S/C50H31NOS/c1-2-10-36-30-37(17-16-32(36)8-1)33-18-23-38(24-19-33)51(40-27-29-48-45(31-40)43-12-5-6-15-47(43)53-48)39-25-20-35(21-26-39)41-13-7-14-46-49(41)44-28-22-34-9-3-4-11-42(34)50(44)52-46/h1-31H. The first-order valence-electron chi connectivity index (χ1n) is 18.0. The van der Waals surface area contributed by atoms with Crippen LogP contribution in [0.3, 0.4) is 0 Å². The Balaban J connectivity index is 1.03.